The number of carbonyl (C=O) groups excluding carboxylic acids is 2. The molecule has 0 N–H and O–H groups in total. The van der Waals surface area contributed by atoms with Crippen molar-refractivity contribution in [2.45, 2.75) is 31.6 Å². The van der Waals surface area contributed by atoms with Crippen LogP contribution in [0.5, 0.6) is 0 Å². The highest BCUT2D eigenvalue weighted by Gasteiger charge is 2.16. The van der Waals surface area contributed by atoms with Crippen molar-refractivity contribution in [1.82, 2.24) is 0 Å². The van der Waals surface area contributed by atoms with Crippen LogP contribution in [0.1, 0.15) is 25.3 Å². The van der Waals surface area contributed by atoms with Gasteiger partial charge in [-0.1, -0.05) is 24.6 Å². The minimum atomic E-state index is -3.48. The van der Waals surface area contributed by atoms with Crippen molar-refractivity contribution >= 4 is 21.6 Å². The van der Waals surface area contributed by atoms with Crippen LogP contribution in [0.25, 0.3) is 0 Å². The minimum absolute atomic E-state index is 0.160. The molecule has 0 amide bonds. The Morgan fingerprint density at radius 3 is 2.30 bits per heavy atom. The summed E-state index contributed by atoms with van der Waals surface area (Å²) in [5.74, 6) is -1.15. The van der Waals surface area contributed by atoms with E-state index in [-0.39, 0.29) is 30.1 Å². The molecule has 110 valence electrons. The topological polar surface area (TPSA) is 77.5 Å². The van der Waals surface area contributed by atoms with E-state index in [9.17, 15) is 18.0 Å². The average Bonchev–Trinajstić information content (AvgIpc) is 2.43. The van der Waals surface area contributed by atoms with E-state index < -0.39 is 21.6 Å². The Kier molecular flexibility index (Phi) is 5.88. The molecule has 0 fully saturated rings. The van der Waals surface area contributed by atoms with Crippen molar-refractivity contribution in [2.75, 3.05) is 12.4 Å². The highest BCUT2D eigenvalue weighted by atomic mass is 32.2. The van der Waals surface area contributed by atoms with Gasteiger partial charge in [-0.25, -0.2) is 8.42 Å². The van der Waals surface area contributed by atoms with Crippen molar-refractivity contribution in [2.24, 2.45) is 0 Å². The van der Waals surface area contributed by atoms with Gasteiger partial charge in [0, 0.05) is 12.8 Å². The number of ether oxygens (including phenoxy) is 1. The molecule has 0 saturated heterocycles. The number of esters is 1. The summed E-state index contributed by atoms with van der Waals surface area (Å²) in [7, 11) is -3.48. The predicted molar refractivity (Wildman–Crippen MR) is 74.1 cm³/mol. The monoisotopic (exact) mass is 298 g/mol. The van der Waals surface area contributed by atoms with E-state index in [1.54, 1.807) is 19.1 Å². The van der Waals surface area contributed by atoms with Gasteiger partial charge in [-0.3, -0.25) is 9.59 Å². The van der Waals surface area contributed by atoms with Gasteiger partial charge in [0.15, 0.2) is 15.6 Å². The Balaban J connectivity index is 2.53. The van der Waals surface area contributed by atoms with Crippen LogP contribution in [0, 0.1) is 6.92 Å². The van der Waals surface area contributed by atoms with Gasteiger partial charge < -0.3 is 4.74 Å². The lowest BCUT2D eigenvalue weighted by Gasteiger charge is -2.05. The number of aryl methyl sites for hydroxylation is 1. The van der Waals surface area contributed by atoms with Gasteiger partial charge in [-0.2, -0.15) is 0 Å². The summed E-state index contributed by atoms with van der Waals surface area (Å²) < 4.78 is 28.6. The molecular formula is C14H18O5S. The summed E-state index contributed by atoms with van der Waals surface area (Å²) in [6, 6.07) is 6.45. The zero-order chi connectivity index (χ0) is 15.2. The second kappa shape index (κ2) is 7.19. The number of benzene rings is 1. The SMILES string of the molecule is CCC(=O)OCC(=O)CCS(=O)(=O)c1ccc(C)cc1. The molecule has 0 spiro atoms. The summed E-state index contributed by atoms with van der Waals surface area (Å²) in [6.45, 7) is 3.12. The zero-order valence-corrected chi connectivity index (χ0v) is 12.4. The molecule has 0 aliphatic heterocycles. The lowest BCUT2D eigenvalue weighted by atomic mass is 10.2. The Labute approximate surface area is 118 Å². The molecule has 0 heterocycles. The predicted octanol–water partition coefficient (Wildman–Crippen LogP) is 1.68. The molecule has 6 heteroatoms. The number of rotatable bonds is 7. The third kappa shape index (κ3) is 5.13. The van der Waals surface area contributed by atoms with Gasteiger partial charge in [-0.15, -0.1) is 0 Å². The van der Waals surface area contributed by atoms with Crippen LogP contribution in [0.3, 0.4) is 0 Å². The van der Waals surface area contributed by atoms with Crippen molar-refractivity contribution < 1.29 is 22.7 Å². The molecule has 0 unspecified atom stereocenters. The maximum absolute atomic E-state index is 12.0. The zero-order valence-electron chi connectivity index (χ0n) is 11.6. The molecule has 0 aliphatic carbocycles. The van der Waals surface area contributed by atoms with E-state index >= 15 is 0 Å². The summed E-state index contributed by atoms with van der Waals surface area (Å²) in [4.78, 5) is 22.5. The van der Waals surface area contributed by atoms with E-state index in [0.29, 0.717) is 0 Å². The molecule has 0 aromatic heterocycles. The summed E-state index contributed by atoms with van der Waals surface area (Å²) in [5.41, 5.74) is 0.964. The first-order valence-corrected chi connectivity index (χ1v) is 7.97. The Morgan fingerprint density at radius 2 is 1.75 bits per heavy atom. The molecule has 20 heavy (non-hydrogen) atoms. The van der Waals surface area contributed by atoms with E-state index in [2.05, 4.69) is 4.74 Å². The first-order valence-electron chi connectivity index (χ1n) is 6.32. The standard InChI is InChI=1S/C14H18O5S/c1-3-14(16)19-10-12(15)8-9-20(17,18)13-6-4-11(2)5-7-13/h4-7H,3,8-10H2,1-2H3. The highest BCUT2D eigenvalue weighted by molar-refractivity contribution is 7.91. The Hall–Kier alpha value is -1.69. The number of ketones is 1. The number of Topliss-reactive ketones (excluding diaryl/α,β-unsaturated/α-hetero) is 1. The fourth-order valence-electron chi connectivity index (χ4n) is 1.45. The van der Waals surface area contributed by atoms with E-state index in [1.807, 2.05) is 6.92 Å². The van der Waals surface area contributed by atoms with E-state index in [1.165, 1.54) is 12.1 Å². The van der Waals surface area contributed by atoms with Crippen LogP contribution in [-0.4, -0.2) is 32.5 Å². The summed E-state index contributed by atoms with van der Waals surface area (Å²) in [5, 5.41) is 0. The van der Waals surface area contributed by atoms with Crippen molar-refractivity contribution in [1.29, 1.82) is 0 Å². The number of carbonyl (C=O) groups is 2. The first-order chi connectivity index (χ1) is 9.35. The number of sulfone groups is 1. The number of hydrogen-bond donors (Lipinski definition) is 0. The quantitative estimate of drug-likeness (QED) is 0.716. The number of hydrogen-bond acceptors (Lipinski definition) is 5. The summed E-state index contributed by atoms with van der Waals surface area (Å²) in [6.07, 6.45) is 0.0299. The molecule has 5 nitrogen and oxygen atoms in total. The lowest BCUT2D eigenvalue weighted by molar-refractivity contribution is -0.147. The van der Waals surface area contributed by atoms with Gasteiger partial charge in [-0.05, 0) is 19.1 Å². The fraction of sp³-hybridized carbons (Fsp3) is 0.429. The van der Waals surface area contributed by atoms with Crippen LogP contribution < -0.4 is 0 Å². The van der Waals surface area contributed by atoms with Crippen molar-refractivity contribution in [3.8, 4) is 0 Å². The third-order valence-corrected chi connectivity index (χ3v) is 4.44. The van der Waals surface area contributed by atoms with Crippen molar-refractivity contribution in [3.05, 3.63) is 29.8 Å². The van der Waals surface area contributed by atoms with Crippen LogP contribution in [-0.2, 0) is 24.2 Å². The fourth-order valence-corrected chi connectivity index (χ4v) is 2.73. The van der Waals surface area contributed by atoms with Crippen LogP contribution in [0.2, 0.25) is 0 Å². The molecule has 0 radical (unpaired) electrons. The first kappa shape index (κ1) is 16.4. The van der Waals surface area contributed by atoms with Gasteiger partial charge >= 0.3 is 5.97 Å². The lowest BCUT2D eigenvalue weighted by Crippen LogP contribution is -2.17. The molecule has 1 aromatic carbocycles. The van der Waals surface area contributed by atoms with Gasteiger partial charge in [0.2, 0.25) is 0 Å². The normalized spacial score (nSPS) is 11.1. The Bertz CT molecular complexity index is 572. The average molecular weight is 298 g/mol. The van der Waals surface area contributed by atoms with Gasteiger partial charge in [0.1, 0.15) is 6.61 Å². The van der Waals surface area contributed by atoms with E-state index in [4.69, 9.17) is 0 Å². The third-order valence-electron chi connectivity index (χ3n) is 2.71. The van der Waals surface area contributed by atoms with Crippen molar-refractivity contribution in [3.63, 3.8) is 0 Å². The van der Waals surface area contributed by atoms with Gasteiger partial charge in [0.05, 0.1) is 10.6 Å². The molecule has 0 aliphatic rings. The van der Waals surface area contributed by atoms with Crippen LogP contribution >= 0.6 is 0 Å². The second-order valence-electron chi connectivity index (χ2n) is 4.43. The molecule has 1 rings (SSSR count). The second-order valence-corrected chi connectivity index (χ2v) is 6.54. The molecule has 0 saturated carbocycles. The van der Waals surface area contributed by atoms with E-state index in [0.717, 1.165) is 5.56 Å². The molecular weight excluding hydrogens is 280 g/mol. The van der Waals surface area contributed by atoms with Crippen LogP contribution in [0.4, 0.5) is 0 Å². The molecule has 0 atom stereocenters. The highest BCUT2D eigenvalue weighted by Crippen LogP contribution is 2.13. The largest absolute Gasteiger partial charge is 0.458 e. The molecule has 0 bridgehead atoms. The maximum Gasteiger partial charge on any atom is 0.305 e. The maximum atomic E-state index is 12.0. The minimum Gasteiger partial charge on any atom is -0.458 e. The molecule has 1 aromatic rings. The summed E-state index contributed by atoms with van der Waals surface area (Å²) >= 11 is 0. The van der Waals surface area contributed by atoms with Gasteiger partial charge in [0.25, 0.3) is 0 Å². The smallest absolute Gasteiger partial charge is 0.305 e. The Morgan fingerprint density at radius 1 is 1.15 bits per heavy atom. The van der Waals surface area contributed by atoms with Crippen LogP contribution in [0.15, 0.2) is 29.2 Å².